The molecule has 2 aromatic carbocycles. The van der Waals surface area contributed by atoms with Crippen LogP contribution in [-0.2, 0) is 11.3 Å². The van der Waals surface area contributed by atoms with Crippen molar-refractivity contribution in [3.63, 3.8) is 0 Å². The fourth-order valence-electron chi connectivity index (χ4n) is 2.79. The summed E-state index contributed by atoms with van der Waals surface area (Å²) in [7, 11) is 0. The summed E-state index contributed by atoms with van der Waals surface area (Å²) < 4.78 is 0. The van der Waals surface area contributed by atoms with Crippen molar-refractivity contribution in [2.75, 3.05) is 0 Å². The van der Waals surface area contributed by atoms with Gasteiger partial charge < -0.3 is 10.0 Å². The molecule has 3 nitrogen and oxygen atoms in total. The smallest absolute Gasteiger partial charge is 0.226 e. The number of carbonyl (C=O) groups excluding carboxylic acids is 1. The molecule has 1 aliphatic heterocycles. The summed E-state index contributed by atoms with van der Waals surface area (Å²) in [6.45, 7) is 0.538. The molecule has 0 unspecified atom stereocenters. The Bertz CT molecular complexity index is 582. The van der Waals surface area contributed by atoms with Crippen LogP contribution in [0.4, 0.5) is 0 Å². The van der Waals surface area contributed by atoms with Crippen LogP contribution in [0.3, 0.4) is 0 Å². The predicted octanol–water partition coefficient (Wildman–Crippen LogP) is 2.52. The Morgan fingerprint density at radius 1 is 1.00 bits per heavy atom. The molecule has 1 N–H and O–H groups in total. The first-order valence-electron chi connectivity index (χ1n) is 6.82. The molecule has 3 rings (SSSR count). The second-order valence-electron chi connectivity index (χ2n) is 5.13. The molecule has 0 aliphatic carbocycles. The molecule has 1 fully saturated rings. The molecule has 1 heterocycles. The summed E-state index contributed by atoms with van der Waals surface area (Å²) in [5.41, 5.74) is 2.07. The van der Waals surface area contributed by atoms with Crippen LogP contribution in [0, 0.1) is 0 Å². The minimum absolute atomic E-state index is 0.00945. The van der Waals surface area contributed by atoms with Gasteiger partial charge in [0.05, 0.1) is 18.6 Å². The molecule has 1 amide bonds. The van der Waals surface area contributed by atoms with Crippen molar-refractivity contribution in [2.24, 2.45) is 0 Å². The van der Waals surface area contributed by atoms with E-state index in [0.717, 1.165) is 11.1 Å². The third-order valence-corrected chi connectivity index (χ3v) is 3.74. The second-order valence-corrected chi connectivity index (χ2v) is 5.13. The first kappa shape index (κ1) is 12.9. The molecule has 3 heteroatoms. The Labute approximate surface area is 118 Å². The maximum atomic E-state index is 12.1. The lowest BCUT2D eigenvalue weighted by Crippen LogP contribution is -2.29. The molecule has 0 radical (unpaired) electrons. The van der Waals surface area contributed by atoms with Crippen LogP contribution in [-0.4, -0.2) is 22.0 Å². The minimum atomic E-state index is -0.631. The predicted molar refractivity (Wildman–Crippen MR) is 76.8 cm³/mol. The van der Waals surface area contributed by atoms with E-state index < -0.39 is 6.10 Å². The number of benzene rings is 2. The van der Waals surface area contributed by atoms with Gasteiger partial charge in [-0.2, -0.15) is 0 Å². The second kappa shape index (κ2) is 5.47. The average Bonchev–Trinajstić information content (AvgIpc) is 2.75. The van der Waals surface area contributed by atoms with E-state index in [0.29, 0.717) is 6.54 Å². The average molecular weight is 267 g/mol. The van der Waals surface area contributed by atoms with E-state index in [9.17, 15) is 9.90 Å². The van der Waals surface area contributed by atoms with Crippen LogP contribution in [0.15, 0.2) is 60.7 Å². The lowest BCUT2D eigenvalue weighted by molar-refractivity contribution is -0.129. The van der Waals surface area contributed by atoms with Crippen molar-refractivity contribution in [3.05, 3.63) is 71.8 Å². The normalized spacial score (nSPS) is 22.2. The van der Waals surface area contributed by atoms with Gasteiger partial charge in [-0.15, -0.1) is 0 Å². The van der Waals surface area contributed by atoms with Crippen molar-refractivity contribution >= 4 is 5.91 Å². The number of hydrogen-bond acceptors (Lipinski definition) is 2. The van der Waals surface area contributed by atoms with E-state index >= 15 is 0 Å². The lowest BCUT2D eigenvalue weighted by Gasteiger charge is -2.27. The molecule has 2 aromatic rings. The standard InChI is InChI=1S/C17H17NO2/c19-15-11-16(20)18(12-13-7-3-1-4-8-13)17(15)14-9-5-2-6-10-14/h1-10,15,17,19H,11-12H2/t15-,17-/m0/s1. The fraction of sp³-hybridized carbons (Fsp3) is 0.235. The molecular weight excluding hydrogens is 250 g/mol. The Hall–Kier alpha value is -2.13. The molecule has 0 aromatic heterocycles. The monoisotopic (exact) mass is 267 g/mol. The molecule has 2 atom stereocenters. The number of aliphatic hydroxyl groups excluding tert-OH is 1. The minimum Gasteiger partial charge on any atom is -0.390 e. The van der Waals surface area contributed by atoms with Gasteiger partial charge in [0.2, 0.25) is 5.91 Å². The van der Waals surface area contributed by atoms with Crippen molar-refractivity contribution in [3.8, 4) is 0 Å². The van der Waals surface area contributed by atoms with Gasteiger partial charge in [0.15, 0.2) is 0 Å². The number of amides is 1. The zero-order chi connectivity index (χ0) is 13.9. The maximum Gasteiger partial charge on any atom is 0.226 e. The first-order valence-corrected chi connectivity index (χ1v) is 6.82. The zero-order valence-electron chi connectivity index (χ0n) is 11.1. The third kappa shape index (κ3) is 2.45. The highest BCUT2D eigenvalue weighted by atomic mass is 16.3. The Balaban J connectivity index is 1.89. The summed E-state index contributed by atoms with van der Waals surface area (Å²) in [5, 5.41) is 10.2. The quantitative estimate of drug-likeness (QED) is 0.928. The number of hydrogen-bond donors (Lipinski definition) is 1. The Kier molecular flexibility index (Phi) is 3.52. The van der Waals surface area contributed by atoms with Crippen molar-refractivity contribution in [1.29, 1.82) is 0 Å². The third-order valence-electron chi connectivity index (χ3n) is 3.74. The maximum absolute atomic E-state index is 12.1. The van der Waals surface area contributed by atoms with Crippen LogP contribution in [0.25, 0.3) is 0 Å². The van der Waals surface area contributed by atoms with E-state index in [1.54, 1.807) is 4.90 Å². The molecule has 20 heavy (non-hydrogen) atoms. The topological polar surface area (TPSA) is 40.5 Å². The fourth-order valence-corrected chi connectivity index (χ4v) is 2.79. The van der Waals surface area contributed by atoms with Gasteiger partial charge in [-0.05, 0) is 11.1 Å². The van der Waals surface area contributed by atoms with E-state index in [1.807, 2.05) is 60.7 Å². The number of rotatable bonds is 3. The largest absolute Gasteiger partial charge is 0.390 e. The Morgan fingerprint density at radius 3 is 2.25 bits per heavy atom. The molecule has 102 valence electrons. The molecule has 1 aliphatic rings. The molecule has 1 saturated heterocycles. The summed E-state index contributed by atoms with van der Waals surface area (Å²) in [4.78, 5) is 13.9. The summed E-state index contributed by atoms with van der Waals surface area (Å²) in [6.07, 6.45) is -0.430. The van der Waals surface area contributed by atoms with Crippen LogP contribution >= 0.6 is 0 Å². The highest BCUT2D eigenvalue weighted by molar-refractivity contribution is 5.80. The summed E-state index contributed by atoms with van der Waals surface area (Å²) in [6, 6.07) is 19.4. The zero-order valence-corrected chi connectivity index (χ0v) is 11.1. The molecule has 0 saturated carbocycles. The van der Waals surface area contributed by atoms with Crippen LogP contribution in [0.2, 0.25) is 0 Å². The first-order chi connectivity index (χ1) is 9.75. The summed E-state index contributed by atoms with van der Waals surface area (Å²) in [5.74, 6) is 0.00945. The van der Waals surface area contributed by atoms with Crippen LogP contribution in [0.5, 0.6) is 0 Å². The number of carbonyl (C=O) groups is 1. The highest BCUT2D eigenvalue weighted by Crippen LogP contribution is 2.34. The number of aliphatic hydroxyl groups is 1. The summed E-state index contributed by atoms with van der Waals surface area (Å²) >= 11 is 0. The van der Waals surface area contributed by atoms with Gasteiger partial charge in [0.25, 0.3) is 0 Å². The Morgan fingerprint density at radius 2 is 1.60 bits per heavy atom. The van der Waals surface area contributed by atoms with Crippen molar-refractivity contribution in [2.45, 2.75) is 25.1 Å². The highest BCUT2D eigenvalue weighted by Gasteiger charge is 2.39. The van der Waals surface area contributed by atoms with Crippen molar-refractivity contribution < 1.29 is 9.90 Å². The SMILES string of the molecule is O=C1C[C@H](O)[C@H](c2ccccc2)N1Cc1ccccc1. The van der Waals surface area contributed by atoms with Gasteiger partial charge in [0.1, 0.15) is 0 Å². The van der Waals surface area contributed by atoms with Gasteiger partial charge in [0, 0.05) is 6.54 Å². The van der Waals surface area contributed by atoms with E-state index in [1.165, 1.54) is 0 Å². The van der Waals surface area contributed by atoms with E-state index in [4.69, 9.17) is 0 Å². The molecule has 0 spiro atoms. The van der Waals surface area contributed by atoms with Crippen LogP contribution < -0.4 is 0 Å². The van der Waals surface area contributed by atoms with Gasteiger partial charge >= 0.3 is 0 Å². The lowest BCUT2D eigenvalue weighted by atomic mass is 10.0. The van der Waals surface area contributed by atoms with Crippen LogP contribution in [0.1, 0.15) is 23.6 Å². The van der Waals surface area contributed by atoms with Crippen molar-refractivity contribution in [1.82, 2.24) is 4.90 Å². The number of likely N-dealkylation sites (tertiary alicyclic amines) is 1. The van der Waals surface area contributed by atoms with E-state index in [-0.39, 0.29) is 18.4 Å². The van der Waals surface area contributed by atoms with Gasteiger partial charge in [-0.25, -0.2) is 0 Å². The molecule has 0 bridgehead atoms. The van der Waals surface area contributed by atoms with Gasteiger partial charge in [-0.3, -0.25) is 4.79 Å². The van der Waals surface area contributed by atoms with Gasteiger partial charge in [-0.1, -0.05) is 60.7 Å². The number of nitrogens with zero attached hydrogens (tertiary/aromatic N) is 1. The molecular formula is C17H17NO2. The van der Waals surface area contributed by atoms with E-state index in [2.05, 4.69) is 0 Å².